The van der Waals surface area contributed by atoms with E-state index in [0.717, 1.165) is 5.92 Å². The Morgan fingerprint density at radius 1 is 0.833 bits per heavy atom. The molecule has 1 aliphatic rings. The molecule has 0 aromatic heterocycles. The zero-order valence-corrected chi connectivity index (χ0v) is 11.0. The quantitative estimate of drug-likeness (QED) is 0.715. The molecule has 0 saturated heterocycles. The SMILES string of the molecule is CCC(c1ccccc1)(c1ccccc1)C1CC1. The van der Waals surface area contributed by atoms with Crippen LogP contribution in [0.5, 0.6) is 0 Å². The Bertz CT molecular complexity index is 455. The molecule has 1 fully saturated rings. The van der Waals surface area contributed by atoms with Crippen LogP contribution in [0.15, 0.2) is 60.7 Å². The van der Waals surface area contributed by atoms with Crippen molar-refractivity contribution in [3.8, 4) is 0 Å². The van der Waals surface area contributed by atoms with Gasteiger partial charge in [-0.25, -0.2) is 0 Å². The van der Waals surface area contributed by atoms with Crippen LogP contribution in [0.3, 0.4) is 0 Å². The van der Waals surface area contributed by atoms with Crippen molar-refractivity contribution in [2.75, 3.05) is 0 Å². The largest absolute Gasteiger partial charge is 0.0642 e. The van der Waals surface area contributed by atoms with Crippen LogP contribution in [0.1, 0.15) is 37.3 Å². The fourth-order valence-electron chi connectivity index (χ4n) is 3.38. The van der Waals surface area contributed by atoms with Gasteiger partial charge in [-0.3, -0.25) is 0 Å². The molecule has 2 aromatic rings. The van der Waals surface area contributed by atoms with Crippen LogP contribution in [0.4, 0.5) is 0 Å². The van der Waals surface area contributed by atoms with E-state index in [-0.39, 0.29) is 5.41 Å². The van der Waals surface area contributed by atoms with Crippen molar-refractivity contribution in [2.45, 2.75) is 31.6 Å². The Hall–Kier alpha value is -1.56. The molecule has 0 nitrogen and oxygen atoms in total. The number of hydrogen-bond donors (Lipinski definition) is 0. The number of rotatable bonds is 4. The maximum absolute atomic E-state index is 2.33. The normalized spacial score (nSPS) is 15.6. The van der Waals surface area contributed by atoms with Crippen molar-refractivity contribution in [3.63, 3.8) is 0 Å². The summed E-state index contributed by atoms with van der Waals surface area (Å²) < 4.78 is 0. The minimum absolute atomic E-state index is 0.239. The zero-order chi connectivity index (χ0) is 12.4. The van der Waals surface area contributed by atoms with Gasteiger partial charge in [0.25, 0.3) is 0 Å². The van der Waals surface area contributed by atoms with E-state index in [1.807, 2.05) is 0 Å². The highest BCUT2D eigenvalue weighted by atomic mass is 14.5. The van der Waals surface area contributed by atoms with Gasteiger partial charge in [-0.05, 0) is 36.3 Å². The van der Waals surface area contributed by atoms with Gasteiger partial charge in [-0.15, -0.1) is 0 Å². The summed E-state index contributed by atoms with van der Waals surface area (Å²) in [6, 6.07) is 22.1. The Labute approximate surface area is 110 Å². The monoisotopic (exact) mass is 236 g/mol. The third-order valence-electron chi connectivity index (χ3n) is 4.41. The van der Waals surface area contributed by atoms with Gasteiger partial charge in [0.1, 0.15) is 0 Å². The topological polar surface area (TPSA) is 0 Å². The fraction of sp³-hybridized carbons (Fsp3) is 0.333. The predicted molar refractivity (Wildman–Crippen MR) is 76.7 cm³/mol. The molecule has 0 aliphatic heterocycles. The van der Waals surface area contributed by atoms with E-state index >= 15 is 0 Å². The first-order chi connectivity index (χ1) is 8.88. The van der Waals surface area contributed by atoms with Crippen LogP contribution in [-0.2, 0) is 5.41 Å². The predicted octanol–water partition coefficient (Wildman–Crippen LogP) is 4.79. The molecule has 0 amide bonds. The van der Waals surface area contributed by atoms with E-state index in [1.165, 1.54) is 30.4 Å². The van der Waals surface area contributed by atoms with Crippen molar-refractivity contribution in [1.82, 2.24) is 0 Å². The standard InChI is InChI=1S/C18H20/c1-2-18(17-13-14-17,15-9-5-3-6-10-15)16-11-7-4-8-12-16/h3-12,17H,2,13-14H2,1H3. The van der Waals surface area contributed by atoms with Crippen LogP contribution in [-0.4, -0.2) is 0 Å². The minimum atomic E-state index is 0.239. The summed E-state index contributed by atoms with van der Waals surface area (Å²) in [5.41, 5.74) is 3.21. The molecule has 0 bridgehead atoms. The van der Waals surface area contributed by atoms with Gasteiger partial charge in [-0.1, -0.05) is 67.6 Å². The van der Waals surface area contributed by atoms with Crippen LogP contribution in [0.2, 0.25) is 0 Å². The Balaban J connectivity index is 2.15. The smallest absolute Gasteiger partial charge is 0.0228 e. The highest BCUT2D eigenvalue weighted by molar-refractivity contribution is 5.41. The lowest BCUT2D eigenvalue weighted by atomic mass is 9.69. The van der Waals surface area contributed by atoms with Crippen LogP contribution < -0.4 is 0 Å². The molecule has 0 radical (unpaired) electrons. The molecular formula is C18H20. The van der Waals surface area contributed by atoms with Gasteiger partial charge < -0.3 is 0 Å². The van der Waals surface area contributed by atoms with E-state index in [9.17, 15) is 0 Å². The van der Waals surface area contributed by atoms with Crippen molar-refractivity contribution < 1.29 is 0 Å². The molecule has 0 unspecified atom stereocenters. The van der Waals surface area contributed by atoms with Gasteiger partial charge in [0.05, 0.1) is 0 Å². The first-order valence-electron chi connectivity index (χ1n) is 6.99. The molecule has 92 valence electrons. The maximum Gasteiger partial charge on any atom is 0.0228 e. The summed E-state index contributed by atoms with van der Waals surface area (Å²) in [5.74, 6) is 0.826. The van der Waals surface area contributed by atoms with E-state index in [2.05, 4.69) is 67.6 Å². The van der Waals surface area contributed by atoms with Crippen molar-refractivity contribution in [1.29, 1.82) is 0 Å². The van der Waals surface area contributed by atoms with Crippen LogP contribution >= 0.6 is 0 Å². The molecule has 0 atom stereocenters. The van der Waals surface area contributed by atoms with E-state index in [1.54, 1.807) is 0 Å². The molecule has 1 saturated carbocycles. The van der Waals surface area contributed by atoms with Crippen molar-refractivity contribution in [3.05, 3.63) is 71.8 Å². The van der Waals surface area contributed by atoms with Crippen LogP contribution in [0.25, 0.3) is 0 Å². The molecule has 18 heavy (non-hydrogen) atoms. The van der Waals surface area contributed by atoms with Gasteiger partial charge in [0.2, 0.25) is 0 Å². The highest BCUT2D eigenvalue weighted by Crippen LogP contribution is 2.53. The summed E-state index contributed by atoms with van der Waals surface area (Å²) >= 11 is 0. The third-order valence-corrected chi connectivity index (χ3v) is 4.41. The molecule has 0 N–H and O–H groups in total. The molecular weight excluding hydrogens is 216 g/mol. The summed E-state index contributed by atoms with van der Waals surface area (Å²) in [4.78, 5) is 0. The van der Waals surface area contributed by atoms with Gasteiger partial charge in [0, 0.05) is 5.41 Å². The first-order valence-corrected chi connectivity index (χ1v) is 6.99. The summed E-state index contributed by atoms with van der Waals surface area (Å²) in [7, 11) is 0. The molecule has 3 rings (SSSR count). The lowest BCUT2D eigenvalue weighted by Crippen LogP contribution is -2.29. The van der Waals surface area contributed by atoms with Crippen LogP contribution in [0, 0.1) is 5.92 Å². The van der Waals surface area contributed by atoms with E-state index in [0.29, 0.717) is 0 Å². The molecule has 1 aliphatic carbocycles. The summed E-state index contributed by atoms with van der Waals surface area (Å²) in [6.45, 7) is 2.33. The first kappa shape index (κ1) is 11.5. The maximum atomic E-state index is 2.33. The number of hydrogen-bond acceptors (Lipinski definition) is 0. The van der Waals surface area contributed by atoms with Gasteiger partial charge in [-0.2, -0.15) is 0 Å². The molecule has 0 spiro atoms. The third kappa shape index (κ3) is 1.77. The fourth-order valence-corrected chi connectivity index (χ4v) is 3.38. The average Bonchev–Trinajstić information content (AvgIpc) is 3.28. The Morgan fingerprint density at radius 2 is 1.28 bits per heavy atom. The average molecular weight is 236 g/mol. The van der Waals surface area contributed by atoms with Crippen molar-refractivity contribution in [2.24, 2.45) is 5.92 Å². The van der Waals surface area contributed by atoms with Gasteiger partial charge >= 0.3 is 0 Å². The second-order valence-electron chi connectivity index (χ2n) is 5.33. The Kier molecular flexibility index (Phi) is 2.95. The molecule has 0 heterocycles. The number of benzene rings is 2. The molecule has 2 aromatic carbocycles. The van der Waals surface area contributed by atoms with E-state index < -0.39 is 0 Å². The lowest BCUT2D eigenvalue weighted by Gasteiger charge is -2.34. The summed E-state index contributed by atoms with van der Waals surface area (Å²) in [6.07, 6.45) is 3.93. The van der Waals surface area contributed by atoms with Crippen molar-refractivity contribution >= 4 is 0 Å². The lowest BCUT2D eigenvalue weighted by molar-refractivity contribution is 0.432. The second kappa shape index (κ2) is 4.61. The highest BCUT2D eigenvalue weighted by Gasteiger charge is 2.45. The minimum Gasteiger partial charge on any atom is -0.0642 e. The van der Waals surface area contributed by atoms with E-state index in [4.69, 9.17) is 0 Å². The Morgan fingerprint density at radius 3 is 1.61 bits per heavy atom. The summed E-state index contributed by atoms with van der Waals surface area (Å²) in [5, 5.41) is 0. The zero-order valence-electron chi connectivity index (χ0n) is 11.0. The second-order valence-corrected chi connectivity index (χ2v) is 5.33. The van der Waals surface area contributed by atoms with Gasteiger partial charge in [0.15, 0.2) is 0 Å². The molecule has 0 heteroatoms.